The number of amides is 3. The van der Waals surface area contributed by atoms with Gasteiger partial charge in [-0.3, -0.25) is 9.69 Å². The molecule has 1 fully saturated rings. The van der Waals surface area contributed by atoms with Crippen LogP contribution in [0.4, 0.5) is 4.79 Å². The summed E-state index contributed by atoms with van der Waals surface area (Å²) in [5.41, 5.74) is 4.38. The number of nitrogens with one attached hydrogen (secondary N) is 1. The minimum Gasteiger partial charge on any atom is -0.303 e. The molecule has 1 saturated heterocycles. The van der Waals surface area contributed by atoms with E-state index in [-0.39, 0.29) is 18.5 Å². The van der Waals surface area contributed by atoms with Gasteiger partial charge in [0.05, 0.1) is 6.54 Å². The first kappa shape index (κ1) is 15.0. The van der Waals surface area contributed by atoms with Crippen LogP contribution < -0.4 is 5.32 Å². The predicted molar refractivity (Wildman–Crippen MR) is 89.4 cm³/mol. The molecule has 1 heterocycles. The lowest BCUT2D eigenvalue weighted by Gasteiger charge is -2.11. The fourth-order valence-electron chi connectivity index (χ4n) is 2.52. The first-order chi connectivity index (χ1) is 11.0. The molecule has 4 nitrogen and oxygen atoms in total. The molecule has 0 atom stereocenters. The van der Waals surface area contributed by atoms with Crippen molar-refractivity contribution in [3.8, 4) is 0 Å². The van der Waals surface area contributed by atoms with Crippen LogP contribution >= 0.6 is 0 Å². The van der Waals surface area contributed by atoms with Crippen LogP contribution in [0.15, 0.2) is 54.2 Å². The molecule has 3 rings (SSSR count). The summed E-state index contributed by atoms with van der Waals surface area (Å²) in [6.07, 6.45) is 1.71. The van der Waals surface area contributed by atoms with Gasteiger partial charge < -0.3 is 5.32 Å². The minimum absolute atomic E-state index is 0.274. The SMILES string of the molecule is Cc1ccc(CN2C(=O)N/C(=C/c3cccc(C)c3)C2=O)cc1. The summed E-state index contributed by atoms with van der Waals surface area (Å²) in [6.45, 7) is 4.26. The Kier molecular flexibility index (Phi) is 3.98. The van der Waals surface area contributed by atoms with Crippen LogP contribution in [0, 0.1) is 13.8 Å². The van der Waals surface area contributed by atoms with Crippen molar-refractivity contribution in [1.29, 1.82) is 0 Å². The zero-order valence-electron chi connectivity index (χ0n) is 13.2. The van der Waals surface area contributed by atoms with E-state index < -0.39 is 0 Å². The highest BCUT2D eigenvalue weighted by Gasteiger charge is 2.33. The molecule has 2 aromatic rings. The van der Waals surface area contributed by atoms with Gasteiger partial charge in [0.1, 0.15) is 5.70 Å². The molecule has 0 aromatic heterocycles. The van der Waals surface area contributed by atoms with Crippen molar-refractivity contribution in [2.24, 2.45) is 0 Å². The minimum atomic E-state index is -0.380. The largest absolute Gasteiger partial charge is 0.329 e. The highest BCUT2D eigenvalue weighted by Crippen LogP contribution is 2.17. The van der Waals surface area contributed by atoms with Gasteiger partial charge in [0, 0.05) is 0 Å². The number of rotatable bonds is 3. The molecule has 4 heteroatoms. The summed E-state index contributed by atoms with van der Waals surface area (Å²) in [7, 11) is 0. The average Bonchev–Trinajstić information content (AvgIpc) is 2.77. The fourth-order valence-corrected chi connectivity index (χ4v) is 2.52. The second-order valence-electron chi connectivity index (χ2n) is 5.78. The third-order valence-corrected chi connectivity index (χ3v) is 3.78. The first-order valence-corrected chi connectivity index (χ1v) is 7.50. The molecular weight excluding hydrogens is 288 g/mol. The van der Waals surface area contributed by atoms with E-state index in [4.69, 9.17) is 0 Å². The summed E-state index contributed by atoms with van der Waals surface area (Å²) >= 11 is 0. The second-order valence-corrected chi connectivity index (χ2v) is 5.78. The number of nitrogens with zero attached hydrogens (tertiary/aromatic N) is 1. The highest BCUT2D eigenvalue weighted by atomic mass is 16.2. The molecular formula is C19H18N2O2. The monoisotopic (exact) mass is 306 g/mol. The molecule has 0 bridgehead atoms. The Morgan fingerprint density at radius 1 is 1.00 bits per heavy atom. The molecule has 23 heavy (non-hydrogen) atoms. The van der Waals surface area contributed by atoms with Gasteiger partial charge in [0.25, 0.3) is 5.91 Å². The van der Waals surface area contributed by atoms with E-state index in [1.165, 1.54) is 4.90 Å². The lowest BCUT2D eigenvalue weighted by molar-refractivity contribution is -0.123. The number of aryl methyl sites for hydroxylation is 2. The summed E-state index contributed by atoms with van der Waals surface area (Å²) in [5.74, 6) is -0.294. The smallest absolute Gasteiger partial charge is 0.303 e. The van der Waals surface area contributed by atoms with Gasteiger partial charge in [0.2, 0.25) is 0 Å². The van der Waals surface area contributed by atoms with E-state index in [1.54, 1.807) is 6.08 Å². The summed E-state index contributed by atoms with van der Waals surface area (Å²) < 4.78 is 0. The highest BCUT2D eigenvalue weighted by molar-refractivity contribution is 6.13. The van der Waals surface area contributed by atoms with Gasteiger partial charge in [-0.15, -0.1) is 0 Å². The lowest BCUT2D eigenvalue weighted by atomic mass is 10.1. The number of benzene rings is 2. The summed E-state index contributed by atoms with van der Waals surface area (Å²) in [4.78, 5) is 25.8. The maximum Gasteiger partial charge on any atom is 0.329 e. The molecule has 0 aliphatic carbocycles. The zero-order chi connectivity index (χ0) is 16.4. The number of carbonyl (C=O) groups is 2. The fraction of sp³-hybridized carbons (Fsp3) is 0.158. The lowest BCUT2D eigenvalue weighted by Crippen LogP contribution is -2.30. The molecule has 0 unspecified atom stereocenters. The van der Waals surface area contributed by atoms with E-state index in [9.17, 15) is 9.59 Å². The van der Waals surface area contributed by atoms with Crippen molar-refractivity contribution in [1.82, 2.24) is 10.2 Å². The van der Waals surface area contributed by atoms with Crippen LogP contribution in [0.1, 0.15) is 22.3 Å². The Morgan fingerprint density at radius 3 is 2.43 bits per heavy atom. The molecule has 0 saturated carbocycles. The van der Waals surface area contributed by atoms with Crippen LogP contribution in [0.3, 0.4) is 0 Å². The van der Waals surface area contributed by atoms with E-state index in [2.05, 4.69) is 5.32 Å². The standard InChI is InChI=1S/C19H18N2O2/c1-13-6-8-15(9-7-13)12-21-18(22)17(20-19(21)23)11-16-5-3-4-14(2)10-16/h3-11H,12H2,1-2H3,(H,20,23)/b17-11+. The van der Waals surface area contributed by atoms with Crippen molar-refractivity contribution >= 4 is 18.0 Å². The number of hydrogen-bond acceptors (Lipinski definition) is 2. The van der Waals surface area contributed by atoms with Gasteiger partial charge in [-0.2, -0.15) is 0 Å². The average molecular weight is 306 g/mol. The summed E-state index contributed by atoms with van der Waals surface area (Å²) in [6, 6.07) is 15.2. The second kappa shape index (κ2) is 6.08. The van der Waals surface area contributed by atoms with Crippen molar-refractivity contribution in [2.75, 3.05) is 0 Å². The van der Waals surface area contributed by atoms with E-state index >= 15 is 0 Å². The molecule has 2 aromatic carbocycles. The Bertz CT molecular complexity index is 791. The molecule has 1 N–H and O–H groups in total. The van der Waals surface area contributed by atoms with E-state index in [0.29, 0.717) is 5.70 Å². The van der Waals surface area contributed by atoms with Gasteiger partial charge in [0.15, 0.2) is 0 Å². The number of imide groups is 1. The molecule has 0 spiro atoms. The maximum absolute atomic E-state index is 12.5. The molecule has 3 amide bonds. The third-order valence-electron chi connectivity index (χ3n) is 3.78. The maximum atomic E-state index is 12.5. The quantitative estimate of drug-likeness (QED) is 0.698. The van der Waals surface area contributed by atoms with E-state index in [1.807, 2.05) is 62.4 Å². The van der Waals surface area contributed by atoms with Crippen LogP contribution in [-0.4, -0.2) is 16.8 Å². The molecule has 116 valence electrons. The van der Waals surface area contributed by atoms with Crippen LogP contribution in [0.25, 0.3) is 6.08 Å². The van der Waals surface area contributed by atoms with Gasteiger partial charge in [-0.1, -0.05) is 59.7 Å². The molecule has 1 aliphatic rings. The predicted octanol–water partition coefficient (Wildman–Crippen LogP) is 3.40. The van der Waals surface area contributed by atoms with Crippen LogP contribution in [0.2, 0.25) is 0 Å². The Labute approximate surface area is 135 Å². The van der Waals surface area contributed by atoms with Gasteiger partial charge >= 0.3 is 6.03 Å². The van der Waals surface area contributed by atoms with Gasteiger partial charge in [-0.05, 0) is 31.1 Å². The Balaban J connectivity index is 1.81. The van der Waals surface area contributed by atoms with Crippen molar-refractivity contribution in [3.05, 3.63) is 76.5 Å². The number of urea groups is 1. The normalized spacial score (nSPS) is 16.1. The van der Waals surface area contributed by atoms with Crippen molar-refractivity contribution in [3.63, 3.8) is 0 Å². The molecule has 0 radical (unpaired) electrons. The zero-order valence-corrected chi connectivity index (χ0v) is 13.2. The van der Waals surface area contributed by atoms with E-state index in [0.717, 1.165) is 22.3 Å². The molecule has 1 aliphatic heterocycles. The summed E-state index contributed by atoms with van der Waals surface area (Å²) in [5, 5.41) is 2.65. The Morgan fingerprint density at radius 2 is 1.74 bits per heavy atom. The van der Waals surface area contributed by atoms with Crippen LogP contribution in [0.5, 0.6) is 0 Å². The Hall–Kier alpha value is -2.88. The number of hydrogen-bond donors (Lipinski definition) is 1. The van der Waals surface area contributed by atoms with Crippen molar-refractivity contribution in [2.45, 2.75) is 20.4 Å². The van der Waals surface area contributed by atoms with Gasteiger partial charge in [-0.25, -0.2) is 4.79 Å². The van der Waals surface area contributed by atoms with Crippen LogP contribution in [-0.2, 0) is 11.3 Å². The number of carbonyl (C=O) groups excluding carboxylic acids is 2. The van der Waals surface area contributed by atoms with Crippen molar-refractivity contribution < 1.29 is 9.59 Å². The third kappa shape index (κ3) is 3.31. The first-order valence-electron chi connectivity index (χ1n) is 7.50. The topological polar surface area (TPSA) is 49.4 Å².